The van der Waals surface area contributed by atoms with Gasteiger partial charge in [-0.15, -0.1) is 0 Å². The molecule has 0 aromatic rings. The van der Waals surface area contributed by atoms with Crippen LogP contribution in [0.5, 0.6) is 0 Å². The molecule has 0 aromatic heterocycles. The zero-order valence-corrected chi connectivity index (χ0v) is 15.0. The van der Waals surface area contributed by atoms with Crippen LogP contribution < -0.4 is 0 Å². The van der Waals surface area contributed by atoms with Crippen molar-refractivity contribution < 1.29 is 33.9 Å². The number of hydrogen-bond donors (Lipinski definition) is 2. The van der Waals surface area contributed by atoms with Crippen molar-refractivity contribution in [3.63, 3.8) is 0 Å². The Morgan fingerprint density at radius 2 is 1.32 bits per heavy atom. The summed E-state index contributed by atoms with van der Waals surface area (Å²) in [6.45, 7) is 8.68. The van der Waals surface area contributed by atoms with Gasteiger partial charge in [0, 0.05) is 27.9 Å². The van der Waals surface area contributed by atoms with Gasteiger partial charge in [-0.2, -0.15) is 0 Å². The van der Waals surface area contributed by atoms with E-state index < -0.39 is 0 Å². The van der Waals surface area contributed by atoms with Crippen LogP contribution in [0.4, 0.5) is 0 Å². The molecule has 0 saturated heterocycles. The van der Waals surface area contributed by atoms with Gasteiger partial charge in [0.2, 0.25) is 0 Å². The number of methoxy groups -OCH3 is 3. The Morgan fingerprint density at radius 3 is 1.64 bits per heavy atom. The van der Waals surface area contributed by atoms with Crippen molar-refractivity contribution in [2.75, 3.05) is 67.6 Å². The maximum atomic E-state index is 8.09. The Balaban J connectivity index is -0.000000280. The molecule has 0 spiro atoms. The first-order valence-corrected chi connectivity index (χ1v) is 7.45. The predicted octanol–water partition coefficient (Wildman–Crippen LogP) is 0.713. The van der Waals surface area contributed by atoms with E-state index in [1.165, 1.54) is 0 Å². The molecule has 0 saturated carbocycles. The molecule has 0 amide bonds. The number of rotatable bonds is 11. The van der Waals surface area contributed by atoms with Gasteiger partial charge in [-0.3, -0.25) is 0 Å². The number of ether oxygens (including phenoxy) is 5. The molecule has 0 aliphatic heterocycles. The average Bonchev–Trinajstić information content (AvgIpc) is 2.54. The third-order valence-electron chi connectivity index (χ3n) is 2.18. The van der Waals surface area contributed by atoms with Crippen molar-refractivity contribution in [2.24, 2.45) is 0 Å². The zero-order chi connectivity index (χ0) is 17.6. The molecule has 0 aliphatic rings. The van der Waals surface area contributed by atoms with Crippen molar-refractivity contribution in [1.29, 1.82) is 0 Å². The first kappa shape index (κ1) is 26.6. The van der Waals surface area contributed by atoms with Gasteiger partial charge in [-0.1, -0.05) is 0 Å². The maximum Gasteiger partial charge on any atom is 0.0781 e. The zero-order valence-electron chi connectivity index (χ0n) is 15.0. The molecule has 2 N–H and O–H groups in total. The maximum absolute atomic E-state index is 8.09. The third-order valence-corrected chi connectivity index (χ3v) is 2.18. The second kappa shape index (κ2) is 25.7. The molecule has 0 aliphatic carbocycles. The van der Waals surface area contributed by atoms with Crippen LogP contribution in [0.15, 0.2) is 0 Å². The predicted molar refractivity (Wildman–Crippen MR) is 86.3 cm³/mol. The van der Waals surface area contributed by atoms with E-state index in [9.17, 15) is 0 Å². The van der Waals surface area contributed by atoms with Crippen LogP contribution in [0.2, 0.25) is 0 Å². The molecule has 0 heterocycles. The van der Waals surface area contributed by atoms with E-state index in [0.29, 0.717) is 26.4 Å². The highest BCUT2D eigenvalue weighted by molar-refractivity contribution is 4.50. The van der Waals surface area contributed by atoms with Gasteiger partial charge in [0.15, 0.2) is 0 Å². The van der Waals surface area contributed by atoms with Crippen LogP contribution in [0, 0.1) is 0 Å². The van der Waals surface area contributed by atoms with E-state index in [0.717, 1.165) is 6.61 Å². The quantitative estimate of drug-likeness (QED) is 0.540. The highest BCUT2D eigenvalue weighted by Gasteiger charge is 2.04. The summed E-state index contributed by atoms with van der Waals surface area (Å²) in [6.07, 6.45) is 0.312. The average molecular weight is 328 g/mol. The lowest BCUT2D eigenvalue weighted by molar-refractivity contribution is -0.0386. The standard InChI is InChI=1S/C8H18O3.C4H10O3.C3H8O/c1-7(10-4)6-11-8(2)5-9-3;5-1-3-7-4-2-6;1-3-4-2/h7-8H,5-6H2,1-4H3;5-6H,1-4H2;3H2,1-2H3. The minimum atomic E-state index is 0.0278. The fourth-order valence-corrected chi connectivity index (χ4v) is 0.882. The molecule has 2 atom stereocenters. The van der Waals surface area contributed by atoms with Crippen LogP contribution in [-0.4, -0.2) is 90.0 Å². The Bertz CT molecular complexity index is 164. The Morgan fingerprint density at radius 1 is 0.818 bits per heavy atom. The van der Waals surface area contributed by atoms with Crippen molar-refractivity contribution in [2.45, 2.75) is 33.0 Å². The molecular formula is C15H36O7. The minimum Gasteiger partial charge on any atom is -0.394 e. The van der Waals surface area contributed by atoms with Gasteiger partial charge in [-0.25, -0.2) is 0 Å². The lowest BCUT2D eigenvalue weighted by Gasteiger charge is -2.14. The third kappa shape index (κ3) is 31.9. The van der Waals surface area contributed by atoms with Crippen molar-refractivity contribution in [3.8, 4) is 0 Å². The summed E-state index contributed by atoms with van der Waals surface area (Å²) < 4.78 is 24.5. The summed E-state index contributed by atoms with van der Waals surface area (Å²) in [5, 5.41) is 16.2. The van der Waals surface area contributed by atoms with Gasteiger partial charge < -0.3 is 33.9 Å². The van der Waals surface area contributed by atoms with E-state index >= 15 is 0 Å². The van der Waals surface area contributed by atoms with E-state index in [1.54, 1.807) is 21.3 Å². The van der Waals surface area contributed by atoms with Gasteiger partial charge in [-0.05, 0) is 20.8 Å². The monoisotopic (exact) mass is 328 g/mol. The Kier molecular flexibility index (Phi) is 31.0. The summed E-state index contributed by atoms with van der Waals surface area (Å²) in [6, 6.07) is 0. The fourth-order valence-electron chi connectivity index (χ4n) is 0.882. The molecule has 7 nitrogen and oxygen atoms in total. The molecular weight excluding hydrogens is 292 g/mol. The fraction of sp³-hybridized carbons (Fsp3) is 1.00. The lowest BCUT2D eigenvalue weighted by atomic mass is 10.4. The SMILES string of the molecule is CCOC.COCC(C)OCC(C)OC.OCCOCCO. The van der Waals surface area contributed by atoms with Crippen LogP contribution in [0.25, 0.3) is 0 Å². The van der Waals surface area contributed by atoms with Gasteiger partial charge >= 0.3 is 0 Å². The molecule has 0 rings (SSSR count). The second-order valence-electron chi connectivity index (χ2n) is 4.28. The molecule has 7 heteroatoms. The summed E-state index contributed by atoms with van der Waals surface area (Å²) >= 11 is 0. The van der Waals surface area contributed by atoms with E-state index in [4.69, 9.17) is 24.4 Å². The van der Waals surface area contributed by atoms with Gasteiger partial charge in [0.25, 0.3) is 0 Å². The summed E-state index contributed by atoms with van der Waals surface area (Å²) in [4.78, 5) is 0. The van der Waals surface area contributed by atoms with Crippen molar-refractivity contribution in [1.82, 2.24) is 0 Å². The van der Waals surface area contributed by atoms with Gasteiger partial charge in [0.05, 0.1) is 51.8 Å². The largest absolute Gasteiger partial charge is 0.394 e. The topological polar surface area (TPSA) is 86.6 Å². The van der Waals surface area contributed by atoms with Crippen molar-refractivity contribution in [3.05, 3.63) is 0 Å². The molecule has 2 unspecified atom stereocenters. The Labute approximate surface area is 135 Å². The van der Waals surface area contributed by atoms with Crippen LogP contribution in [0.1, 0.15) is 20.8 Å². The molecule has 22 heavy (non-hydrogen) atoms. The summed E-state index contributed by atoms with van der Waals surface area (Å²) in [5.74, 6) is 0. The molecule has 0 bridgehead atoms. The van der Waals surface area contributed by atoms with E-state index in [1.807, 2.05) is 20.8 Å². The van der Waals surface area contributed by atoms with Crippen molar-refractivity contribution >= 4 is 0 Å². The highest BCUT2D eigenvalue weighted by atomic mass is 16.5. The smallest absolute Gasteiger partial charge is 0.0781 e. The first-order valence-electron chi connectivity index (χ1n) is 7.45. The summed E-state index contributed by atoms with van der Waals surface area (Å²) in [7, 11) is 5.02. The number of aliphatic hydroxyl groups is 2. The summed E-state index contributed by atoms with van der Waals surface area (Å²) in [5.41, 5.74) is 0. The normalized spacial score (nSPS) is 12.5. The van der Waals surface area contributed by atoms with Gasteiger partial charge in [0.1, 0.15) is 0 Å². The number of aliphatic hydroxyl groups excluding tert-OH is 2. The molecule has 0 radical (unpaired) electrons. The molecule has 0 fully saturated rings. The Hall–Kier alpha value is -0.280. The lowest BCUT2D eigenvalue weighted by Crippen LogP contribution is -2.21. The van der Waals surface area contributed by atoms with Crippen LogP contribution in [0.3, 0.4) is 0 Å². The second-order valence-corrected chi connectivity index (χ2v) is 4.28. The molecule has 138 valence electrons. The van der Waals surface area contributed by atoms with E-state index in [2.05, 4.69) is 9.47 Å². The molecule has 0 aromatic carbocycles. The minimum absolute atomic E-state index is 0.0278. The highest BCUT2D eigenvalue weighted by Crippen LogP contribution is 1.95. The number of hydrogen-bond acceptors (Lipinski definition) is 7. The van der Waals surface area contributed by atoms with Crippen LogP contribution in [-0.2, 0) is 23.7 Å². The van der Waals surface area contributed by atoms with E-state index in [-0.39, 0.29) is 25.4 Å². The first-order chi connectivity index (χ1) is 10.5. The van der Waals surface area contributed by atoms with Crippen LogP contribution >= 0.6 is 0 Å².